The molecule has 1 saturated heterocycles. The lowest BCUT2D eigenvalue weighted by atomic mass is 10.2. The first kappa shape index (κ1) is 9.85. The summed E-state index contributed by atoms with van der Waals surface area (Å²) in [5.74, 6) is -0.205. The van der Waals surface area contributed by atoms with Gasteiger partial charge in [-0.1, -0.05) is 0 Å². The van der Waals surface area contributed by atoms with E-state index >= 15 is 0 Å². The maximum Gasteiger partial charge on any atom is 0.270 e. The highest BCUT2D eigenvalue weighted by Crippen LogP contribution is 2.01. The molecule has 1 rings (SSSR count). The van der Waals surface area contributed by atoms with Gasteiger partial charge in [-0.25, -0.2) is 5.48 Å². The Labute approximate surface area is 76.1 Å². The summed E-state index contributed by atoms with van der Waals surface area (Å²) in [7, 11) is 0. The maximum atomic E-state index is 11.0. The second-order valence-corrected chi connectivity index (χ2v) is 3.04. The summed E-state index contributed by atoms with van der Waals surface area (Å²) < 4.78 is 0. The summed E-state index contributed by atoms with van der Waals surface area (Å²) in [6, 6.07) is -0.487. The van der Waals surface area contributed by atoms with E-state index in [4.69, 9.17) is 0 Å². The van der Waals surface area contributed by atoms with E-state index in [1.807, 2.05) is 0 Å². The molecule has 72 valence electrons. The summed E-state index contributed by atoms with van der Waals surface area (Å²) in [5.41, 5.74) is 2.86. The average Bonchev–Trinajstić information content (AvgIpc) is 2.34. The van der Waals surface area contributed by atoms with Crippen molar-refractivity contribution in [1.29, 1.82) is 0 Å². The zero-order valence-corrected chi connectivity index (χ0v) is 7.66. The van der Waals surface area contributed by atoms with Crippen molar-refractivity contribution >= 4 is 17.4 Å². The van der Waals surface area contributed by atoms with Gasteiger partial charge in [-0.15, -0.1) is 0 Å². The largest absolute Gasteiger partial charge is 0.300 e. The molecule has 0 saturated carbocycles. The Morgan fingerprint density at radius 2 is 2.38 bits per heavy atom. The van der Waals surface area contributed by atoms with Gasteiger partial charge in [0.1, 0.15) is 12.4 Å². The van der Waals surface area contributed by atoms with E-state index in [0.29, 0.717) is 12.1 Å². The lowest BCUT2D eigenvalue weighted by Gasteiger charge is -2.00. The minimum absolute atomic E-state index is 0.0422. The van der Waals surface area contributed by atoms with Gasteiger partial charge in [0.15, 0.2) is 6.04 Å². The summed E-state index contributed by atoms with van der Waals surface area (Å²) in [6.45, 7) is 3.46. The SMILES string of the molecule is CC(=O)CC(C)=NC1CONC1=O. The number of hydrogen-bond donors (Lipinski definition) is 1. The van der Waals surface area contributed by atoms with E-state index in [1.54, 1.807) is 6.92 Å². The van der Waals surface area contributed by atoms with Crippen LogP contribution in [-0.4, -0.2) is 30.1 Å². The molecular weight excluding hydrogens is 172 g/mol. The van der Waals surface area contributed by atoms with Crippen molar-refractivity contribution in [3.63, 3.8) is 0 Å². The Hall–Kier alpha value is -1.23. The van der Waals surface area contributed by atoms with E-state index in [9.17, 15) is 9.59 Å². The van der Waals surface area contributed by atoms with Gasteiger partial charge in [0.2, 0.25) is 0 Å². The zero-order valence-electron chi connectivity index (χ0n) is 7.66. The molecule has 5 nitrogen and oxygen atoms in total. The number of hydroxylamine groups is 1. The molecule has 5 heteroatoms. The Morgan fingerprint density at radius 3 is 2.85 bits per heavy atom. The van der Waals surface area contributed by atoms with Crippen molar-refractivity contribution in [3.8, 4) is 0 Å². The predicted molar refractivity (Wildman–Crippen MR) is 46.3 cm³/mol. The van der Waals surface area contributed by atoms with E-state index in [2.05, 4.69) is 15.3 Å². The Morgan fingerprint density at radius 1 is 1.69 bits per heavy atom. The average molecular weight is 184 g/mol. The third kappa shape index (κ3) is 2.95. The molecule has 13 heavy (non-hydrogen) atoms. The van der Waals surface area contributed by atoms with Gasteiger partial charge in [-0.05, 0) is 13.8 Å². The molecule has 1 fully saturated rings. The zero-order chi connectivity index (χ0) is 9.84. The summed E-state index contributed by atoms with van der Waals surface area (Å²) in [6.07, 6.45) is 0.295. The quantitative estimate of drug-likeness (QED) is 0.620. The minimum Gasteiger partial charge on any atom is -0.300 e. The van der Waals surface area contributed by atoms with Crippen LogP contribution in [0.3, 0.4) is 0 Å². The summed E-state index contributed by atoms with van der Waals surface area (Å²) in [4.78, 5) is 30.4. The minimum atomic E-state index is -0.487. The molecule has 1 atom stereocenters. The topological polar surface area (TPSA) is 67.8 Å². The summed E-state index contributed by atoms with van der Waals surface area (Å²) >= 11 is 0. The van der Waals surface area contributed by atoms with Crippen LogP contribution in [0.5, 0.6) is 0 Å². The van der Waals surface area contributed by atoms with Crippen LogP contribution in [0.1, 0.15) is 20.3 Å². The highest BCUT2D eigenvalue weighted by atomic mass is 16.7. The monoisotopic (exact) mass is 184 g/mol. The number of amides is 1. The molecular formula is C8H12N2O3. The van der Waals surface area contributed by atoms with Crippen LogP contribution in [0, 0.1) is 0 Å². The molecule has 1 amide bonds. The second kappa shape index (κ2) is 4.13. The molecule has 0 bridgehead atoms. The summed E-state index contributed by atoms with van der Waals surface area (Å²) in [5, 5.41) is 0. The Bertz CT molecular complexity index is 260. The molecule has 0 aliphatic carbocycles. The fourth-order valence-electron chi connectivity index (χ4n) is 1.10. The van der Waals surface area contributed by atoms with Gasteiger partial charge in [-0.2, -0.15) is 0 Å². The maximum absolute atomic E-state index is 11.0. The fraction of sp³-hybridized carbons (Fsp3) is 0.625. The van der Waals surface area contributed by atoms with Crippen LogP contribution in [0.25, 0.3) is 0 Å². The number of nitrogens with zero attached hydrogens (tertiary/aromatic N) is 1. The molecule has 0 aromatic rings. The van der Waals surface area contributed by atoms with Crippen molar-refractivity contribution in [2.45, 2.75) is 26.3 Å². The van der Waals surface area contributed by atoms with Crippen LogP contribution < -0.4 is 5.48 Å². The lowest BCUT2D eigenvalue weighted by molar-refractivity contribution is -0.124. The number of hydrogen-bond acceptors (Lipinski definition) is 4. The highest BCUT2D eigenvalue weighted by Gasteiger charge is 2.24. The molecule has 1 unspecified atom stereocenters. The van der Waals surface area contributed by atoms with Gasteiger partial charge in [0.25, 0.3) is 5.91 Å². The third-order valence-electron chi connectivity index (χ3n) is 1.60. The third-order valence-corrected chi connectivity index (χ3v) is 1.60. The fourth-order valence-corrected chi connectivity index (χ4v) is 1.10. The van der Waals surface area contributed by atoms with Crippen LogP contribution in [0.2, 0.25) is 0 Å². The standard InChI is InChI=1S/C8H12N2O3/c1-5(3-6(2)11)9-7-4-13-10-8(7)12/h7H,3-4H2,1-2H3,(H,10,12). The first-order chi connectivity index (χ1) is 6.09. The van der Waals surface area contributed by atoms with E-state index in [0.717, 1.165) is 0 Å². The number of carbonyl (C=O) groups is 2. The van der Waals surface area contributed by atoms with Gasteiger partial charge >= 0.3 is 0 Å². The van der Waals surface area contributed by atoms with E-state index in [-0.39, 0.29) is 18.3 Å². The first-order valence-electron chi connectivity index (χ1n) is 4.04. The molecule has 0 spiro atoms. The van der Waals surface area contributed by atoms with Crippen molar-refractivity contribution in [2.24, 2.45) is 4.99 Å². The van der Waals surface area contributed by atoms with Crippen LogP contribution in [0.4, 0.5) is 0 Å². The number of rotatable bonds is 3. The van der Waals surface area contributed by atoms with E-state index < -0.39 is 6.04 Å². The van der Waals surface area contributed by atoms with Crippen LogP contribution in [-0.2, 0) is 14.4 Å². The second-order valence-electron chi connectivity index (χ2n) is 3.04. The molecule has 0 radical (unpaired) electrons. The first-order valence-corrected chi connectivity index (χ1v) is 4.04. The van der Waals surface area contributed by atoms with Crippen molar-refractivity contribution in [1.82, 2.24) is 5.48 Å². The van der Waals surface area contributed by atoms with Crippen molar-refractivity contribution in [2.75, 3.05) is 6.61 Å². The smallest absolute Gasteiger partial charge is 0.270 e. The lowest BCUT2D eigenvalue weighted by Crippen LogP contribution is -2.22. The predicted octanol–water partition coefficient (Wildman–Crippen LogP) is -0.144. The molecule has 1 N–H and O–H groups in total. The molecule has 1 aliphatic heterocycles. The Balaban J connectivity index is 2.53. The molecule has 1 heterocycles. The number of Topliss-reactive ketones (excluding diaryl/α,β-unsaturated/α-hetero) is 1. The number of ketones is 1. The number of nitrogens with one attached hydrogen (secondary N) is 1. The molecule has 1 aliphatic rings. The molecule has 0 aromatic carbocycles. The number of carbonyl (C=O) groups excluding carboxylic acids is 2. The van der Waals surface area contributed by atoms with Crippen molar-refractivity contribution < 1.29 is 14.4 Å². The van der Waals surface area contributed by atoms with Gasteiger partial charge in [0.05, 0.1) is 0 Å². The number of aliphatic imine (C=N–C) groups is 1. The van der Waals surface area contributed by atoms with Gasteiger partial charge in [0, 0.05) is 12.1 Å². The van der Waals surface area contributed by atoms with Gasteiger partial charge < -0.3 is 0 Å². The highest BCUT2D eigenvalue weighted by molar-refractivity contribution is 6.00. The normalized spacial score (nSPS) is 23.1. The van der Waals surface area contributed by atoms with Gasteiger partial charge in [-0.3, -0.25) is 19.4 Å². The van der Waals surface area contributed by atoms with Crippen LogP contribution >= 0.6 is 0 Å². The Kier molecular flexibility index (Phi) is 3.13. The van der Waals surface area contributed by atoms with Crippen LogP contribution in [0.15, 0.2) is 4.99 Å². The van der Waals surface area contributed by atoms with E-state index in [1.165, 1.54) is 6.92 Å². The van der Waals surface area contributed by atoms with Crippen molar-refractivity contribution in [3.05, 3.63) is 0 Å². The molecule has 0 aromatic heterocycles.